The topological polar surface area (TPSA) is 64.4 Å². The Kier molecular flexibility index (Phi) is 6.32. The fourth-order valence-corrected chi connectivity index (χ4v) is 2.94. The monoisotopic (exact) mass is 446 g/mol. The number of hydrogen-bond acceptors (Lipinski definition) is 4. The normalized spacial score (nSPS) is 10.4. The van der Waals surface area contributed by atoms with Gasteiger partial charge in [-0.3, -0.25) is 10.1 Å². The highest BCUT2D eigenvalue weighted by atomic mass is 79.9. The van der Waals surface area contributed by atoms with Crippen LogP contribution in [0.15, 0.2) is 71.2 Å². The molecule has 0 aromatic heterocycles. The molecule has 0 aliphatic carbocycles. The Labute approximate surface area is 170 Å². The third-order valence-electron chi connectivity index (χ3n) is 3.88. The average Bonchev–Trinajstić information content (AvgIpc) is 2.67. The molecule has 0 aliphatic heterocycles. The van der Waals surface area contributed by atoms with E-state index in [1.165, 1.54) is 12.1 Å². The van der Waals surface area contributed by atoms with Crippen molar-refractivity contribution in [3.8, 4) is 5.75 Å². The molecule has 27 heavy (non-hydrogen) atoms. The van der Waals surface area contributed by atoms with Gasteiger partial charge in [-0.2, -0.15) is 0 Å². The number of halogens is 2. The molecular formula is C20H16BrClN2O3. The lowest BCUT2D eigenvalue weighted by atomic mass is 10.2. The fourth-order valence-electron chi connectivity index (χ4n) is 2.42. The van der Waals surface area contributed by atoms with Crippen LogP contribution in [0, 0.1) is 10.1 Å². The standard InChI is InChI=1S/C20H16BrClN2O3/c21-16-4-6-17(7-5-16)23-12-15-3-10-20(19(22)11-15)27-13-14-1-8-18(9-2-14)24(25)26/h1-11,23H,12-13H2. The number of ether oxygens (including phenoxy) is 1. The Morgan fingerprint density at radius 3 is 2.30 bits per heavy atom. The van der Waals surface area contributed by atoms with E-state index in [4.69, 9.17) is 16.3 Å². The van der Waals surface area contributed by atoms with Gasteiger partial charge in [-0.05, 0) is 59.7 Å². The van der Waals surface area contributed by atoms with Crippen molar-refractivity contribution < 1.29 is 9.66 Å². The zero-order chi connectivity index (χ0) is 19.2. The van der Waals surface area contributed by atoms with Crippen molar-refractivity contribution in [3.63, 3.8) is 0 Å². The van der Waals surface area contributed by atoms with Gasteiger partial charge in [-0.1, -0.05) is 33.6 Å². The van der Waals surface area contributed by atoms with Crippen molar-refractivity contribution in [2.24, 2.45) is 0 Å². The number of nitro groups is 1. The van der Waals surface area contributed by atoms with Gasteiger partial charge in [0.15, 0.2) is 0 Å². The fraction of sp³-hybridized carbons (Fsp3) is 0.100. The van der Waals surface area contributed by atoms with Gasteiger partial charge in [0, 0.05) is 28.8 Å². The van der Waals surface area contributed by atoms with E-state index in [0.29, 0.717) is 17.3 Å². The molecule has 5 nitrogen and oxygen atoms in total. The van der Waals surface area contributed by atoms with Crippen LogP contribution in [0.25, 0.3) is 0 Å². The molecule has 0 spiro atoms. The summed E-state index contributed by atoms with van der Waals surface area (Å²) in [5, 5.41) is 14.5. The highest BCUT2D eigenvalue weighted by molar-refractivity contribution is 9.10. The minimum absolute atomic E-state index is 0.0550. The predicted octanol–water partition coefficient (Wildman–Crippen LogP) is 6.20. The molecule has 0 aliphatic rings. The van der Waals surface area contributed by atoms with E-state index in [1.54, 1.807) is 12.1 Å². The summed E-state index contributed by atoms with van der Waals surface area (Å²) in [5.41, 5.74) is 2.94. The van der Waals surface area contributed by atoms with E-state index in [9.17, 15) is 10.1 Å². The molecule has 0 radical (unpaired) electrons. The molecule has 0 saturated heterocycles. The van der Waals surface area contributed by atoms with E-state index < -0.39 is 4.92 Å². The van der Waals surface area contributed by atoms with Crippen LogP contribution in [0.2, 0.25) is 5.02 Å². The second-order valence-corrected chi connectivity index (χ2v) is 7.16. The van der Waals surface area contributed by atoms with Crippen LogP contribution < -0.4 is 10.1 Å². The molecule has 3 aromatic rings. The molecule has 1 N–H and O–H groups in total. The van der Waals surface area contributed by atoms with E-state index in [1.807, 2.05) is 42.5 Å². The molecule has 0 fully saturated rings. The van der Waals surface area contributed by atoms with Crippen molar-refractivity contribution in [3.05, 3.63) is 97.5 Å². The van der Waals surface area contributed by atoms with Crippen molar-refractivity contribution in [1.29, 1.82) is 0 Å². The van der Waals surface area contributed by atoms with E-state index in [0.717, 1.165) is 21.3 Å². The number of nitrogens with one attached hydrogen (secondary N) is 1. The summed E-state index contributed by atoms with van der Waals surface area (Å²) < 4.78 is 6.76. The molecule has 0 saturated carbocycles. The summed E-state index contributed by atoms with van der Waals surface area (Å²) in [6.07, 6.45) is 0. The number of nitro benzene ring substituents is 1. The lowest BCUT2D eigenvalue weighted by molar-refractivity contribution is -0.384. The number of hydrogen-bond donors (Lipinski definition) is 1. The second kappa shape index (κ2) is 8.88. The van der Waals surface area contributed by atoms with Crippen molar-refractivity contribution in [2.45, 2.75) is 13.2 Å². The van der Waals surface area contributed by atoms with Crippen molar-refractivity contribution >= 4 is 38.9 Å². The Balaban J connectivity index is 1.57. The molecule has 138 valence electrons. The minimum Gasteiger partial charge on any atom is -0.487 e. The first kappa shape index (κ1) is 19.2. The third-order valence-corrected chi connectivity index (χ3v) is 4.70. The molecule has 7 heteroatoms. The summed E-state index contributed by atoms with van der Waals surface area (Å²) >= 11 is 9.73. The van der Waals surface area contributed by atoms with Gasteiger partial charge in [0.1, 0.15) is 12.4 Å². The first-order valence-corrected chi connectivity index (χ1v) is 9.32. The van der Waals surface area contributed by atoms with Crippen LogP contribution >= 0.6 is 27.5 Å². The van der Waals surface area contributed by atoms with Gasteiger partial charge in [-0.15, -0.1) is 0 Å². The Morgan fingerprint density at radius 2 is 1.67 bits per heavy atom. The Morgan fingerprint density at radius 1 is 1.00 bits per heavy atom. The van der Waals surface area contributed by atoms with Crippen LogP contribution in [0.3, 0.4) is 0 Å². The quantitative estimate of drug-likeness (QED) is 0.346. The summed E-state index contributed by atoms with van der Waals surface area (Å²) in [6, 6.07) is 19.8. The zero-order valence-corrected chi connectivity index (χ0v) is 16.5. The Hall–Kier alpha value is -2.57. The highest BCUT2D eigenvalue weighted by Gasteiger charge is 2.07. The van der Waals surface area contributed by atoms with Gasteiger partial charge in [0.25, 0.3) is 5.69 Å². The molecule has 0 unspecified atom stereocenters. The van der Waals surface area contributed by atoms with E-state index in [-0.39, 0.29) is 12.3 Å². The van der Waals surface area contributed by atoms with Gasteiger partial charge in [0.2, 0.25) is 0 Å². The molecule has 0 bridgehead atoms. The summed E-state index contributed by atoms with van der Waals surface area (Å²) in [6.45, 7) is 0.929. The second-order valence-electron chi connectivity index (χ2n) is 5.84. The molecule has 0 amide bonds. The summed E-state index contributed by atoms with van der Waals surface area (Å²) in [4.78, 5) is 10.2. The number of benzene rings is 3. The van der Waals surface area contributed by atoms with E-state index >= 15 is 0 Å². The minimum atomic E-state index is -0.428. The van der Waals surface area contributed by atoms with Crippen LogP contribution in [-0.2, 0) is 13.2 Å². The summed E-state index contributed by atoms with van der Waals surface area (Å²) in [5.74, 6) is 0.572. The molecule has 3 aromatic carbocycles. The predicted molar refractivity (Wildman–Crippen MR) is 110 cm³/mol. The zero-order valence-electron chi connectivity index (χ0n) is 14.2. The SMILES string of the molecule is O=[N+]([O-])c1ccc(COc2ccc(CNc3ccc(Br)cc3)cc2Cl)cc1. The largest absolute Gasteiger partial charge is 0.487 e. The molecule has 0 atom stereocenters. The number of nitrogens with zero attached hydrogens (tertiary/aromatic N) is 1. The maximum atomic E-state index is 10.7. The average molecular weight is 448 g/mol. The molecular weight excluding hydrogens is 432 g/mol. The number of rotatable bonds is 7. The molecule has 0 heterocycles. The number of non-ortho nitro benzene ring substituents is 1. The van der Waals surface area contributed by atoms with Crippen LogP contribution in [0.5, 0.6) is 5.75 Å². The van der Waals surface area contributed by atoms with Gasteiger partial charge in [0.05, 0.1) is 9.95 Å². The van der Waals surface area contributed by atoms with Crippen LogP contribution in [0.1, 0.15) is 11.1 Å². The van der Waals surface area contributed by atoms with Crippen molar-refractivity contribution in [2.75, 3.05) is 5.32 Å². The van der Waals surface area contributed by atoms with Crippen LogP contribution in [0.4, 0.5) is 11.4 Å². The maximum Gasteiger partial charge on any atom is 0.269 e. The smallest absolute Gasteiger partial charge is 0.269 e. The van der Waals surface area contributed by atoms with Crippen LogP contribution in [-0.4, -0.2) is 4.92 Å². The lowest BCUT2D eigenvalue weighted by Crippen LogP contribution is -2.00. The number of anilines is 1. The first-order chi connectivity index (χ1) is 13.0. The lowest BCUT2D eigenvalue weighted by Gasteiger charge is -2.11. The van der Waals surface area contributed by atoms with Gasteiger partial charge >= 0.3 is 0 Å². The van der Waals surface area contributed by atoms with E-state index in [2.05, 4.69) is 21.2 Å². The van der Waals surface area contributed by atoms with Crippen molar-refractivity contribution in [1.82, 2.24) is 0 Å². The third kappa shape index (κ3) is 5.45. The van der Waals surface area contributed by atoms with Gasteiger partial charge in [-0.25, -0.2) is 0 Å². The van der Waals surface area contributed by atoms with Gasteiger partial charge < -0.3 is 10.1 Å². The first-order valence-electron chi connectivity index (χ1n) is 8.15. The summed E-state index contributed by atoms with van der Waals surface area (Å²) in [7, 11) is 0. The Bertz CT molecular complexity index is 931. The highest BCUT2D eigenvalue weighted by Crippen LogP contribution is 2.27. The maximum absolute atomic E-state index is 10.7. The molecule has 3 rings (SSSR count).